The van der Waals surface area contributed by atoms with E-state index in [-0.39, 0.29) is 0 Å². The van der Waals surface area contributed by atoms with E-state index in [1.807, 2.05) is 0 Å². The molecule has 0 amide bonds. The molecule has 11 aromatic rings. The maximum atomic E-state index is 6.23. The van der Waals surface area contributed by atoms with Gasteiger partial charge in [-0.15, -0.1) is 0 Å². The van der Waals surface area contributed by atoms with Crippen LogP contribution in [0.2, 0.25) is 0 Å². The van der Waals surface area contributed by atoms with Crippen LogP contribution in [-0.4, -0.2) is 9.13 Å². The second-order valence-electron chi connectivity index (χ2n) is 13.8. The van der Waals surface area contributed by atoms with Gasteiger partial charge in [0, 0.05) is 43.7 Å². The van der Waals surface area contributed by atoms with Crippen LogP contribution in [0.5, 0.6) is 0 Å². The lowest BCUT2D eigenvalue weighted by atomic mass is 9.98. The van der Waals surface area contributed by atoms with E-state index in [0.29, 0.717) is 0 Å². The third kappa shape index (κ3) is 4.26. The monoisotopic (exact) mass is 664 g/mol. The molecule has 0 N–H and O–H groups in total. The molecule has 11 rings (SSSR count). The lowest BCUT2D eigenvalue weighted by molar-refractivity contribution is 0.669. The molecule has 0 saturated carbocycles. The van der Waals surface area contributed by atoms with E-state index in [0.717, 1.165) is 27.9 Å². The SMILES string of the molecule is Cc1cccc2oc3ccc(-c4ccc5c(c4)c4cc(-c6ccc7c8ccccc8n(-c8ccccc8)c7c6)ccc4n5-c4ccccc4)cc3c12. The minimum Gasteiger partial charge on any atom is -0.456 e. The predicted molar refractivity (Wildman–Crippen MR) is 218 cm³/mol. The fourth-order valence-corrected chi connectivity index (χ4v) is 8.43. The summed E-state index contributed by atoms with van der Waals surface area (Å²) < 4.78 is 11.0. The van der Waals surface area contributed by atoms with E-state index in [9.17, 15) is 0 Å². The van der Waals surface area contributed by atoms with Crippen molar-refractivity contribution in [3.8, 4) is 33.6 Å². The van der Waals surface area contributed by atoms with Gasteiger partial charge in [0.2, 0.25) is 0 Å². The average Bonchev–Trinajstić information content (AvgIpc) is 3.85. The third-order valence-electron chi connectivity index (χ3n) is 10.8. The summed E-state index contributed by atoms with van der Waals surface area (Å²) in [4.78, 5) is 0. The first-order valence-electron chi connectivity index (χ1n) is 17.8. The second-order valence-corrected chi connectivity index (χ2v) is 13.8. The zero-order valence-electron chi connectivity index (χ0n) is 28.5. The topological polar surface area (TPSA) is 23.0 Å². The number of hydrogen-bond donors (Lipinski definition) is 0. The predicted octanol–water partition coefficient (Wildman–Crippen LogP) is 13.4. The van der Waals surface area contributed by atoms with Gasteiger partial charge in [0.05, 0.1) is 22.1 Å². The number of rotatable bonds is 4. The average molecular weight is 665 g/mol. The summed E-state index contributed by atoms with van der Waals surface area (Å²) in [5.41, 5.74) is 14.9. The van der Waals surface area contributed by atoms with Gasteiger partial charge in [0.1, 0.15) is 11.2 Å². The maximum Gasteiger partial charge on any atom is 0.135 e. The molecule has 52 heavy (non-hydrogen) atoms. The summed E-state index contributed by atoms with van der Waals surface area (Å²) in [5, 5.41) is 7.32. The van der Waals surface area contributed by atoms with Crippen LogP contribution in [0.1, 0.15) is 5.56 Å². The first-order valence-corrected chi connectivity index (χ1v) is 17.8. The Bertz CT molecular complexity index is 3180. The van der Waals surface area contributed by atoms with Crippen molar-refractivity contribution in [2.45, 2.75) is 6.92 Å². The summed E-state index contributed by atoms with van der Waals surface area (Å²) in [6, 6.07) is 63.7. The number of benzene rings is 8. The highest BCUT2D eigenvalue weighted by atomic mass is 16.3. The molecule has 3 nitrogen and oxygen atoms in total. The van der Waals surface area contributed by atoms with Gasteiger partial charge in [-0.3, -0.25) is 0 Å². The highest BCUT2D eigenvalue weighted by molar-refractivity contribution is 6.14. The number of fused-ring (bicyclic) bond motifs is 9. The molecule has 3 aromatic heterocycles. The molecule has 0 bridgehead atoms. The van der Waals surface area contributed by atoms with E-state index in [2.05, 4.69) is 192 Å². The van der Waals surface area contributed by atoms with Gasteiger partial charge in [-0.2, -0.15) is 0 Å². The van der Waals surface area contributed by atoms with Gasteiger partial charge in [0.15, 0.2) is 0 Å². The van der Waals surface area contributed by atoms with Crippen LogP contribution >= 0.6 is 0 Å². The summed E-state index contributed by atoms with van der Waals surface area (Å²) in [6.45, 7) is 2.16. The number of nitrogens with zero attached hydrogens (tertiary/aromatic N) is 2. The van der Waals surface area contributed by atoms with Crippen molar-refractivity contribution in [2.24, 2.45) is 0 Å². The van der Waals surface area contributed by atoms with Crippen molar-refractivity contribution >= 4 is 65.6 Å². The number of para-hydroxylation sites is 3. The van der Waals surface area contributed by atoms with Crippen molar-refractivity contribution in [1.82, 2.24) is 9.13 Å². The maximum absolute atomic E-state index is 6.23. The van der Waals surface area contributed by atoms with Gasteiger partial charge in [-0.25, -0.2) is 0 Å². The first kappa shape index (κ1) is 28.9. The molecule has 0 radical (unpaired) electrons. The third-order valence-corrected chi connectivity index (χ3v) is 10.8. The van der Waals surface area contributed by atoms with Crippen LogP contribution in [0.4, 0.5) is 0 Å². The summed E-state index contributed by atoms with van der Waals surface area (Å²) in [7, 11) is 0. The molecule has 0 saturated heterocycles. The van der Waals surface area contributed by atoms with Gasteiger partial charge >= 0.3 is 0 Å². The molecule has 0 fully saturated rings. The lowest BCUT2D eigenvalue weighted by Crippen LogP contribution is -1.93. The lowest BCUT2D eigenvalue weighted by Gasteiger charge is -2.10. The summed E-state index contributed by atoms with van der Waals surface area (Å²) in [5.74, 6) is 0. The minimum absolute atomic E-state index is 0.919. The number of furan rings is 1. The molecular weight excluding hydrogens is 633 g/mol. The van der Waals surface area contributed by atoms with Crippen LogP contribution in [0, 0.1) is 6.92 Å². The van der Waals surface area contributed by atoms with E-state index in [4.69, 9.17) is 4.42 Å². The van der Waals surface area contributed by atoms with Crippen molar-refractivity contribution < 1.29 is 4.42 Å². The van der Waals surface area contributed by atoms with Gasteiger partial charge in [-0.1, -0.05) is 97.1 Å². The minimum atomic E-state index is 0.919. The van der Waals surface area contributed by atoms with Crippen LogP contribution in [0.15, 0.2) is 180 Å². The Balaban J connectivity index is 1.13. The Morgan fingerprint density at radius 1 is 0.346 bits per heavy atom. The van der Waals surface area contributed by atoms with Crippen molar-refractivity contribution in [1.29, 1.82) is 0 Å². The largest absolute Gasteiger partial charge is 0.456 e. The molecule has 0 aliphatic carbocycles. The Kier molecular flexibility index (Phi) is 6.17. The molecule has 0 spiro atoms. The standard InChI is InChI=1S/C49H32N2O/c1-31-11-10-18-48-49(31)42-29-34(22-26-47(42)52-48)32-20-24-44-40(27-32)41-28-33(21-25-45(41)50(44)36-12-4-2-5-13-36)35-19-23-39-38-16-8-9-17-43(38)51(46(39)30-35)37-14-6-3-7-15-37/h2-30H,1H3. The van der Waals surface area contributed by atoms with Gasteiger partial charge < -0.3 is 13.6 Å². The van der Waals surface area contributed by atoms with Gasteiger partial charge in [-0.05, 0) is 114 Å². The van der Waals surface area contributed by atoms with Gasteiger partial charge in [0.25, 0.3) is 0 Å². The highest BCUT2D eigenvalue weighted by Crippen LogP contribution is 2.40. The summed E-state index contributed by atoms with van der Waals surface area (Å²) in [6.07, 6.45) is 0. The Morgan fingerprint density at radius 2 is 0.865 bits per heavy atom. The molecule has 3 heterocycles. The smallest absolute Gasteiger partial charge is 0.135 e. The number of hydrogen-bond acceptors (Lipinski definition) is 1. The molecule has 0 atom stereocenters. The molecule has 244 valence electrons. The first-order chi connectivity index (χ1) is 25.7. The van der Waals surface area contributed by atoms with E-state index >= 15 is 0 Å². The summed E-state index contributed by atoms with van der Waals surface area (Å²) >= 11 is 0. The van der Waals surface area contributed by atoms with Crippen LogP contribution in [0.3, 0.4) is 0 Å². The molecular formula is C49H32N2O. The Morgan fingerprint density at radius 3 is 1.56 bits per heavy atom. The number of aromatic nitrogens is 2. The molecule has 0 unspecified atom stereocenters. The molecule has 8 aromatic carbocycles. The van der Waals surface area contributed by atoms with E-state index in [1.165, 1.54) is 76.8 Å². The molecule has 0 aliphatic rings. The van der Waals surface area contributed by atoms with Crippen molar-refractivity contribution in [2.75, 3.05) is 0 Å². The highest BCUT2D eigenvalue weighted by Gasteiger charge is 2.17. The van der Waals surface area contributed by atoms with Crippen LogP contribution < -0.4 is 0 Å². The zero-order valence-corrected chi connectivity index (χ0v) is 28.5. The van der Waals surface area contributed by atoms with Crippen molar-refractivity contribution in [3.63, 3.8) is 0 Å². The quantitative estimate of drug-likeness (QED) is 0.184. The Labute approximate surface area is 300 Å². The molecule has 0 aliphatic heterocycles. The van der Waals surface area contributed by atoms with E-state index < -0.39 is 0 Å². The van der Waals surface area contributed by atoms with Crippen LogP contribution in [0.25, 0.3) is 99.2 Å². The Hall–Kier alpha value is -6.84. The fourth-order valence-electron chi connectivity index (χ4n) is 8.43. The van der Waals surface area contributed by atoms with E-state index in [1.54, 1.807) is 0 Å². The molecule has 3 heteroatoms. The second kappa shape index (κ2) is 11.1. The van der Waals surface area contributed by atoms with Crippen molar-refractivity contribution in [3.05, 3.63) is 181 Å². The number of aryl methyl sites for hydroxylation is 1. The normalized spacial score (nSPS) is 11.9. The van der Waals surface area contributed by atoms with Crippen LogP contribution in [-0.2, 0) is 0 Å². The fraction of sp³-hybridized carbons (Fsp3) is 0.0204. The zero-order chi connectivity index (χ0) is 34.3.